The number of aliphatic carboxylic acids is 1. The van der Waals surface area contributed by atoms with Gasteiger partial charge < -0.3 is 14.2 Å². The molecule has 0 radical (unpaired) electrons. The van der Waals surface area contributed by atoms with Crippen molar-refractivity contribution in [1.29, 1.82) is 5.26 Å². The Kier molecular flexibility index (Phi) is 6.45. The predicted octanol–water partition coefficient (Wildman–Crippen LogP) is 3.01. The van der Waals surface area contributed by atoms with Crippen LogP contribution in [0.1, 0.15) is 27.9 Å². The first-order chi connectivity index (χ1) is 15.7. The number of carboxylic acid groups (broad SMARTS) is 1. The fourth-order valence-corrected chi connectivity index (χ4v) is 6.11. The number of morpholine rings is 1. The molecular weight excluding hydrogens is 466 g/mol. The number of rotatable bonds is 6. The van der Waals surface area contributed by atoms with Gasteiger partial charge in [0.05, 0.1) is 41.8 Å². The molecular formula is C23H22ClN3O5S. The highest BCUT2D eigenvalue weighted by atomic mass is 35.5. The highest BCUT2D eigenvalue weighted by Gasteiger charge is 2.28. The van der Waals surface area contributed by atoms with Crippen molar-refractivity contribution < 1.29 is 23.1 Å². The molecule has 1 aliphatic rings. The number of carbonyl (C=O) groups is 1. The van der Waals surface area contributed by atoms with Gasteiger partial charge in [0.2, 0.25) is 10.0 Å². The summed E-state index contributed by atoms with van der Waals surface area (Å²) in [7, 11) is -3.73. The molecule has 1 aliphatic heterocycles. The number of carboxylic acids is 1. The van der Waals surface area contributed by atoms with E-state index in [1.165, 1.54) is 10.4 Å². The van der Waals surface area contributed by atoms with E-state index in [-0.39, 0.29) is 29.4 Å². The summed E-state index contributed by atoms with van der Waals surface area (Å²) in [4.78, 5) is 11.5. The molecule has 3 heterocycles. The molecule has 1 saturated heterocycles. The number of sulfonamides is 1. The summed E-state index contributed by atoms with van der Waals surface area (Å²) in [5.41, 5.74) is 4.30. The first-order valence-corrected chi connectivity index (χ1v) is 12.1. The van der Waals surface area contributed by atoms with Crippen molar-refractivity contribution in [3.8, 4) is 6.07 Å². The summed E-state index contributed by atoms with van der Waals surface area (Å²) in [6, 6.07) is 10.3. The molecule has 0 spiro atoms. The van der Waals surface area contributed by atoms with E-state index in [2.05, 4.69) is 6.07 Å². The molecule has 1 N–H and O–H groups in total. The molecule has 33 heavy (non-hydrogen) atoms. The first kappa shape index (κ1) is 23.3. The molecule has 2 aromatic heterocycles. The number of nitriles is 1. The van der Waals surface area contributed by atoms with Gasteiger partial charge in [-0.2, -0.15) is 9.57 Å². The van der Waals surface area contributed by atoms with E-state index >= 15 is 0 Å². The quantitative estimate of drug-likeness (QED) is 0.572. The SMILES string of the molecule is Cc1c(Cc2ccc(S(=O)(=O)N3CCOCC3)c(Cl)c2)c2cc(C#N)ccn2c1CC(=O)O. The van der Waals surface area contributed by atoms with Gasteiger partial charge in [0, 0.05) is 25.0 Å². The van der Waals surface area contributed by atoms with E-state index in [9.17, 15) is 23.6 Å². The van der Waals surface area contributed by atoms with Crippen molar-refractivity contribution in [3.05, 3.63) is 69.5 Å². The van der Waals surface area contributed by atoms with Crippen LogP contribution in [-0.4, -0.2) is 54.5 Å². The highest BCUT2D eigenvalue weighted by molar-refractivity contribution is 7.89. The van der Waals surface area contributed by atoms with E-state index in [1.54, 1.807) is 34.9 Å². The molecule has 1 fully saturated rings. The molecule has 3 aromatic rings. The van der Waals surface area contributed by atoms with Crippen LogP contribution in [0.5, 0.6) is 0 Å². The molecule has 4 rings (SSSR count). The van der Waals surface area contributed by atoms with Gasteiger partial charge in [0.25, 0.3) is 0 Å². The predicted molar refractivity (Wildman–Crippen MR) is 122 cm³/mol. The second-order valence-corrected chi connectivity index (χ2v) is 10.2. The zero-order valence-corrected chi connectivity index (χ0v) is 19.5. The van der Waals surface area contributed by atoms with Crippen molar-refractivity contribution in [1.82, 2.24) is 8.71 Å². The molecule has 0 saturated carbocycles. The number of hydrogen-bond acceptors (Lipinski definition) is 5. The fraction of sp³-hybridized carbons (Fsp3) is 0.304. The van der Waals surface area contributed by atoms with Gasteiger partial charge in [0.1, 0.15) is 4.90 Å². The van der Waals surface area contributed by atoms with E-state index < -0.39 is 16.0 Å². The maximum atomic E-state index is 13.0. The first-order valence-electron chi connectivity index (χ1n) is 10.3. The summed E-state index contributed by atoms with van der Waals surface area (Å²) < 4.78 is 34.4. The zero-order valence-electron chi connectivity index (χ0n) is 17.9. The maximum absolute atomic E-state index is 13.0. The van der Waals surface area contributed by atoms with Gasteiger partial charge in [-0.25, -0.2) is 8.42 Å². The average molecular weight is 488 g/mol. The van der Waals surface area contributed by atoms with Crippen LogP contribution in [-0.2, 0) is 32.4 Å². The summed E-state index contributed by atoms with van der Waals surface area (Å²) in [6.07, 6.45) is 1.95. The standard InChI is InChI=1S/C23H22ClN3O5S/c1-15-18(21-12-17(14-25)4-5-27(21)20(15)13-23(28)29)10-16-2-3-22(19(24)11-16)33(30,31)26-6-8-32-9-7-26/h2-5,11-12H,6-10,13H2,1H3,(H,28,29). The van der Waals surface area contributed by atoms with Crippen LogP contribution in [0.15, 0.2) is 41.4 Å². The van der Waals surface area contributed by atoms with Gasteiger partial charge in [-0.05, 0) is 54.3 Å². The fourth-order valence-electron chi connectivity index (χ4n) is 4.16. The minimum atomic E-state index is -3.73. The van der Waals surface area contributed by atoms with Crippen molar-refractivity contribution in [2.24, 2.45) is 0 Å². The number of benzene rings is 1. The number of halogens is 1. The van der Waals surface area contributed by atoms with Crippen LogP contribution >= 0.6 is 11.6 Å². The van der Waals surface area contributed by atoms with Crippen molar-refractivity contribution in [3.63, 3.8) is 0 Å². The summed E-state index contributed by atoms with van der Waals surface area (Å²) in [5, 5.41) is 18.8. The smallest absolute Gasteiger partial charge is 0.309 e. The molecule has 172 valence electrons. The van der Waals surface area contributed by atoms with E-state index in [0.29, 0.717) is 30.9 Å². The summed E-state index contributed by atoms with van der Waals surface area (Å²) in [5.74, 6) is -0.950. The Bertz CT molecular complexity index is 1390. The third-order valence-corrected chi connectivity index (χ3v) is 8.23. The summed E-state index contributed by atoms with van der Waals surface area (Å²) in [6.45, 7) is 3.11. The lowest BCUT2D eigenvalue weighted by Crippen LogP contribution is -2.40. The zero-order chi connectivity index (χ0) is 23.8. The van der Waals surface area contributed by atoms with E-state index in [0.717, 1.165) is 22.2 Å². The lowest BCUT2D eigenvalue weighted by Gasteiger charge is -2.26. The number of ether oxygens (including phenoxy) is 1. The number of fused-ring (bicyclic) bond motifs is 1. The molecule has 1 aromatic carbocycles. The van der Waals surface area contributed by atoms with E-state index in [4.69, 9.17) is 16.3 Å². The lowest BCUT2D eigenvalue weighted by molar-refractivity contribution is -0.136. The Morgan fingerprint density at radius 1 is 1.24 bits per heavy atom. The normalized spacial score (nSPS) is 14.9. The Morgan fingerprint density at radius 2 is 1.97 bits per heavy atom. The highest BCUT2D eigenvalue weighted by Crippen LogP contribution is 2.31. The minimum Gasteiger partial charge on any atom is -0.481 e. The molecule has 0 bridgehead atoms. The van der Waals surface area contributed by atoms with Crippen LogP contribution in [0.3, 0.4) is 0 Å². The third-order valence-electron chi connectivity index (χ3n) is 5.85. The Morgan fingerprint density at radius 3 is 2.61 bits per heavy atom. The van der Waals surface area contributed by atoms with Gasteiger partial charge in [-0.15, -0.1) is 0 Å². The molecule has 0 atom stereocenters. The number of nitrogens with zero attached hydrogens (tertiary/aromatic N) is 3. The van der Waals surface area contributed by atoms with Gasteiger partial charge in [-0.1, -0.05) is 17.7 Å². The van der Waals surface area contributed by atoms with E-state index in [1.807, 2.05) is 6.92 Å². The van der Waals surface area contributed by atoms with Gasteiger partial charge in [-0.3, -0.25) is 4.79 Å². The Balaban J connectivity index is 1.73. The van der Waals surface area contributed by atoms with Gasteiger partial charge >= 0.3 is 5.97 Å². The van der Waals surface area contributed by atoms with Crippen LogP contribution in [0, 0.1) is 18.3 Å². The second kappa shape index (κ2) is 9.15. The van der Waals surface area contributed by atoms with Crippen molar-refractivity contribution in [2.45, 2.75) is 24.7 Å². The van der Waals surface area contributed by atoms with Crippen LogP contribution in [0.4, 0.5) is 0 Å². The molecule has 10 heteroatoms. The third kappa shape index (κ3) is 4.48. The number of pyridine rings is 1. The number of hydrogen-bond donors (Lipinski definition) is 1. The minimum absolute atomic E-state index is 0.0478. The average Bonchev–Trinajstić information content (AvgIpc) is 3.04. The molecule has 0 amide bonds. The van der Waals surface area contributed by atoms with Crippen molar-refractivity contribution in [2.75, 3.05) is 26.3 Å². The van der Waals surface area contributed by atoms with Gasteiger partial charge in [0.15, 0.2) is 0 Å². The van der Waals surface area contributed by atoms with Crippen LogP contribution in [0.2, 0.25) is 5.02 Å². The molecule has 0 aliphatic carbocycles. The monoisotopic (exact) mass is 487 g/mol. The Hall–Kier alpha value is -2.90. The summed E-state index contributed by atoms with van der Waals surface area (Å²) >= 11 is 6.42. The topological polar surface area (TPSA) is 112 Å². The Labute approximate surface area is 196 Å². The van der Waals surface area contributed by atoms with Crippen LogP contribution in [0.25, 0.3) is 5.52 Å². The van der Waals surface area contributed by atoms with Crippen LogP contribution < -0.4 is 0 Å². The largest absolute Gasteiger partial charge is 0.481 e. The molecule has 0 unspecified atom stereocenters. The molecule has 8 nitrogen and oxygen atoms in total. The number of aromatic nitrogens is 1. The van der Waals surface area contributed by atoms with Crippen molar-refractivity contribution >= 4 is 33.1 Å². The maximum Gasteiger partial charge on any atom is 0.309 e. The lowest BCUT2D eigenvalue weighted by atomic mass is 10.0. The second-order valence-electron chi connectivity index (χ2n) is 7.86.